The second-order valence-corrected chi connectivity index (χ2v) is 3.19. The maximum Gasteiger partial charge on any atom is 0.161 e. The molecule has 0 heterocycles. The summed E-state index contributed by atoms with van der Waals surface area (Å²) in [6.07, 6.45) is 0.00900. The molecule has 1 aromatic rings. The average Bonchev–Trinajstić information content (AvgIpc) is 2.27. The molecule has 0 aromatic heterocycles. The van der Waals surface area contributed by atoms with Gasteiger partial charge in [0.15, 0.2) is 11.5 Å². The first-order valence-corrected chi connectivity index (χ1v) is 4.92. The van der Waals surface area contributed by atoms with Gasteiger partial charge in [0.1, 0.15) is 6.61 Å². The molecule has 1 rings (SSSR count). The number of benzene rings is 1. The molecule has 0 fully saturated rings. The smallest absolute Gasteiger partial charge is 0.161 e. The van der Waals surface area contributed by atoms with E-state index in [1.807, 2.05) is 18.2 Å². The molecule has 84 valence electrons. The summed E-state index contributed by atoms with van der Waals surface area (Å²) < 4.78 is 10.5. The van der Waals surface area contributed by atoms with Crippen LogP contribution in [0.15, 0.2) is 24.3 Å². The summed E-state index contributed by atoms with van der Waals surface area (Å²) in [6.45, 7) is 0.689. The van der Waals surface area contributed by atoms with Crippen LogP contribution in [0.5, 0.6) is 11.5 Å². The van der Waals surface area contributed by atoms with Crippen molar-refractivity contribution in [2.24, 2.45) is 5.73 Å². The Hall–Kier alpha value is -1.26. The van der Waals surface area contributed by atoms with Gasteiger partial charge >= 0.3 is 0 Å². The van der Waals surface area contributed by atoms with Crippen LogP contribution in [0.4, 0.5) is 0 Å². The van der Waals surface area contributed by atoms with Crippen LogP contribution < -0.4 is 15.2 Å². The summed E-state index contributed by atoms with van der Waals surface area (Å²) >= 11 is 0. The molecule has 3 N–H and O–H groups in total. The summed E-state index contributed by atoms with van der Waals surface area (Å²) in [5, 5.41) is 9.43. The van der Waals surface area contributed by atoms with Gasteiger partial charge in [-0.05, 0) is 25.1 Å². The van der Waals surface area contributed by atoms with Gasteiger partial charge in [-0.15, -0.1) is 0 Å². The Morgan fingerprint density at radius 3 is 2.60 bits per heavy atom. The van der Waals surface area contributed by atoms with E-state index >= 15 is 0 Å². The number of nitrogens with two attached hydrogens (primary N) is 1. The van der Waals surface area contributed by atoms with Gasteiger partial charge in [-0.25, -0.2) is 0 Å². The summed E-state index contributed by atoms with van der Waals surface area (Å²) in [6, 6.07) is 7.33. The SMILES string of the molecule is COc1ccccc1OCC(O)CCN. The molecule has 0 aliphatic rings. The van der Waals surface area contributed by atoms with Gasteiger partial charge in [0.2, 0.25) is 0 Å². The molecule has 0 saturated carbocycles. The first kappa shape index (κ1) is 11.8. The van der Waals surface area contributed by atoms with Gasteiger partial charge in [-0.2, -0.15) is 0 Å². The number of para-hydroxylation sites is 2. The van der Waals surface area contributed by atoms with E-state index in [2.05, 4.69) is 0 Å². The Morgan fingerprint density at radius 1 is 1.33 bits per heavy atom. The molecule has 0 radical (unpaired) electrons. The van der Waals surface area contributed by atoms with Crippen LogP contribution in [-0.4, -0.2) is 31.5 Å². The number of ether oxygens (including phenoxy) is 2. The number of rotatable bonds is 6. The first-order valence-electron chi connectivity index (χ1n) is 4.92. The third kappa shape index (κ3) is 3.77. The summed E-state index contributed by atoms with van der Waals surface area (Å²) in [7, 11) is 1.58. The maximum absolute atomic E-state index is 9.43. The van der Waals surface area contributed by atoms with Crippen LogP contribution >= 0.6 is 0 Å². The third-order valence-electron chi connectivity index (χ3n) is 2.00. The van der Waals surface area contributed by atoms with E-state index in [0.717, 1.165) is 0 Å². The fourth-order valence-electron chi connectivity index (χ4n) is 1.20. The Balaban J connectivity index is 2.49. The molecule has 1 aromatic carbocycles. The zero-order valence-corrected chi connectivity index (χ0v) is 8.85. The van der Waals surface area contributed by atoms with Gasteiger partial charge in [-0.1, -0.05) is 12.1 Å². The topological polar surface area (TPSA) is 64.7 Å². The van der Waals surface area contributed by atoms with Crippen LogP contribution in [0.2, 0.25) is 0 Å². The van der Waals surface area contributed by atoms with Crippen molar-refractivity contribution in [3.63, 3.8) is 0 Å². The Kier molecular flexibility index (Phi) is 4.93. The predicted molar refractivity (Wildman–Crippen MR) is 58.2 cm³/mol. The van der Waals surface area contributed by atoms with Crippen LogP contribution in [0, 0.1) is 0 Å². The molecule has 15 heavy (non-hydrogen) atoms. The van der Waals surface area contributed by atoms with E-state index in [4.69, 9.17) is 15.2 Å². The van der Waals surface area contributed by atoms with E-state index in [0.29, 0.717) is 24.5 Å². The van der Waals surface area contributed by atoms with Crippen LogP contribution in [0.1, 0.15) is 6.42 Å². The van der Waals surface area contributed by atoms with E-state index in [1.54, 1.807) is 13.2 Å². The molecule has 0 amide bonds. The Labute approximate surface area is 89.6 Å². The fraction of sp³-hybridized carbons (Fsp3) is 0.455. The summed E-state index contributed by atoms with van der Waals surface area (Å²) in [5.41, 5.74) is 5.31. The minimum atomic E-state index is -0.528. The monoisotopic (exact) mass is 211 g/mol. The molecule has 0 aliphatic heterocycles. The second-order valence-electron chi connectivity index (χ2n) is 3.19. The summed E-state index contributed by atoms with van der Waals surface area (Å²) in [5.74, 6) is 1.30. The lowest BCUT2D eigenvalue weighted by atomic mass is 10.2. The molecular weight excluding hydrogens is 194 g/mol. The van der Waals surface area contributed by atoms with Gasteiger partial charge < -0.3 is 20.3 Å². The highest BCUT2D eigenvalue weighted by Crippen LogP contribution is 2.25. The zero-order chi connectivity index (χ0) is 11.1. The van der Waals surface area contributed by atoms with Crippen molar-refractivity contribution in [3.8, 4) is 11.5 Å². The number of aliphatic hydroxyl groups is 1. The van der Waals surface area contributed by atoms with Gasteiger partial charge in [0.05, 0.1) is 13.2 Å². The standard InChI is InChI=1S/C11H17NO3/c1-14-10-4-2-3-5-11(10)15-8-9(13)6-7-12/h2-5,9,13H,6-8,12H2,1H3. The highest BCUT2D eigenvalue weighted by atomic mass is 16.5. The van der Waals surface area contributed by atoms with Crippen LogP contribution in [0.3, 0.4) is 0 Å². The van der Waals surface area contributed by atoms with Crippen molar-refractivity contribution < 1.29 is 14.6 Å². The van der Waals surface area contributed by atoms with E-state index in [-0.39, 0.29) is 6.61 Å². The molecule has 4 nitrogen and oxygen atoms in total. The van der Waals surface area contributed by atoms with Crippen molar-refractivity contribution in [2.45, 2.75) is 12.5 Å². The molecule has 1 unspecified atom stereocenters. The average molecular weight is 211 g/mol. The minimum absolute atomic E-state index is 0.234. The van der Waals surface area contributed by atoms with E-state index < -0.39 is 6.10 Å². The van der Waals surface area contributed by atoms with E-state index in [9.17, 15) is 5.11 Å². The molecule has 1 atom stereocenters. The van der Waals surface area contributed by atoms with Gasteiger partial charge in [-0.3, -0.25) is 0 Å². The highest BCUT2D eigenvalue weighted by molar-refractivity contribution is 5.39. The quantitative estimate of drug-likeness (QED) is 0.730. The third-order valence-corrected chi connectivity index (χ3v) is 2.00. The molecule has 4 heteroatoms. The normalized spacial score (nSPS) is 12.2. The predicted octanol–water partition coefficient (Wildman–Crippen LogP) is 0.784. The van der Waals surface area contributed by atoms with E-state index in [1.165, 1.54) is 0 Å². The second kappa shape index (κ2) is 6.27. The lowest BCUT2D eigenvalue weighted by Crippen LogP contribution is -2.21. The van der Waals surface area contributed by atoms with Crippen molar-refractivity contribution in [1.82, 2.24) is 0 Å². The van der Waals surface area contributed by atoms with Crippen molar-refractivity contribution in [3.05, 3.63) is 24.3 Å². The van der Waals surface area contributed by atoms with Crippen molar-refractivity contribution in [2.75, 3.05) is 20.3 Å². The molecular formula is C11H17NO3. The Morgan fingerprint density at radius 2 is 2.00 bits per heavy atom. The molecule has 0 bridgehead atoms. The number of aliphatic hydroxyl groups excluding tert-OH is 1. The number of methoxy groups -OCH3 is 1. The zero-order valence-electron chi connectivity index (χ0n) is 8.85. The fourth-order valence-corrected chi connectivity index (χ4v) is 1.20. The number of hydrogen-bond donors (Lipinski definition) is 2. The molecule has 0 aliphatic carbocycles. The van der Waals surface area contributed by atoms with Gasteiger partial charge in [0.25, 0.3) is 0 Å². The lowest BCUT2D eigenvalue weighted by molar-refractivity contribution is 0.100. The van der Waals surface area contributed by atoms with Gasteiger partial charge in [0, 0.05) is 0 Å². The number of hydrogen-bond acceptors (Lipinski definition) is 4. The highest BCUT2D eigenvalue weighted by Gasteiger charge is 2.06. The van der Waals surface area contributed by atoms with Crippen molar-refractivity contribution >= 4 is 0 Å². The summed E-state index contributed by atoms with van der Waals surface area (Å²) in [4.78, 5) is 0. The van der Waals surface area contributed by atoms with Crippen molar-refractivity contribution in [1.29, 1.82) is 0 Å². The molecule has 0 spiro atoms. The lowest BCUT2D eigenvalue weighted by Gasteiger charge is -2.13. The Bertz CT molecular complexity index is 291. The largest absolute Gasteiger partial charge is 0.493 e. The first-order chi connectivity index (χ1) is 7.27. The van der Waals surface area contributed by atoms with Crippen LogP contribution in [0.25, 0.3) is 0 Å². The minimum Gasteiger partial charge on any atom is -0.493 e. The maximum atomic E-state index is 9.43. The van der Waals surface area contributed by atoms with Crippen LogP contribution in [-0.2, 0) is 0 Å². The molecule has 0 saturated heterocycles.